The van der Waals surface area contributed by atoms with Gasteiger partial charge in [-0.25, -0.2) is 0 Å². The van der Waals surface area contributed by atoms with Crippen molar-refractivity contribution >= 4 is 0 Å². The topological polar surface area (TPSA) is 107 Å². The summed E-state index contributed by atoms with van der Waals surface area (Å²) in [5, 5.41) is 31.0. The van der Waals surface area contributed by atoms with Crippen molar-refractivity contribution in [1.29, 1.82) is 0 Å². The van der Waals surface area contributed by atoms with Crippen LogP contribution in [-0.2, 0) is 5.54 Å². The molecule has 0 aromatic heterocycles. The quantitative estimate of drug-likeness (QED) is 0.596. The maximum atomic E-state index is 11.3. The minimum atomic E-state index is -1.66. The summed E-state index contributed by atoms with van der Waals surface area (Å²) in [5.74, 6) is 0. The van der Waals surface area contributed by atoms with Crippen molar-refractivity contribution < 1.29 is 15.0 Å². The van der Waals surface area contributed by atoms with Crippen molar-refractivity contribution in [3.63, 3.8) is 0 Å². The molecule has 1 aromatic carbocycles. The lowest BCUT2D eigenvalue weighted by molar-refractivity contribution is -0.586. The highest BCUT2D eigenvalue weighted by Gasteiger charge is 2.44. The lowest BCUT2D eigenvalue weighted by Gasteiger charge is -2.23. The lowest BCUT2D eigenvalue weighted by atomic mass is 9.86. The molecule has 0 radical (unpaired) electrons. The maximum Gasteiger partial charge on any atom is 0.269 e. The zero-order chi connectivity index (χ0) is 14.5. The van der Waals surface area contributed by atoms with E-state index in [1.807, 2.05) is 6.92 Å². The molecule has 1 atom stereocenters. The molecule has 0 aliphatic rings. The Bertz CT molecular complexity index is 460. The van der Waals surface area contributed by atoms with E-state index in [2.05, 4.69) is 0 Å². The van der Waals surface area contributed by atoms with Gasteiger partial charge in [0, 0.05) is 28.3 Å². The molecule has 0 heterocycles. The van der Waals surface area contributed by atoms with E-state index in [0.717, 1.165) is 5.56 Å². The third kappa shape index (κ3) is 3.47. The average Bonchev–Trinajstić information content (AvgIpc) is 2.35. The number of hydrogen-bond acceptors (Lipinski definition) is 5. The first-order valence-electron chi connectivity index (χ1n) is 5.86. The standard InChI is InChI=1S/C12H16N2O5/c1-10-3-5-11(6-4-10)12(9-15,14(18)19)7-2-8-13(16)17/h3-6,15H,2,7-9H2,1H3. The van der Waals surface area contributed by atoms with Gasteiger partial charge in [-0.05, 0) is 6.92 Å². The predicted molar refractivity (Wildman–Crippen MR) is 68.0 cm³/mol. The van der Waals surface area contributed by atoms with Crippen LogP contribution in [0.15, 0.2) is 24.3 Å². The highest BCUT2D eigenvalue weighted by Crippen LogP contribution is 2.30. The van der Waals surface area contributed by atoms with Crippen LogP contribution in [0.1, 0.15) is 24.0 Å². The largest absolute Gasteiger partial charge is 0.388 e. The fourth-order valence-electron chi connectivity index (χ4n) is 1.93. The molecule has 1 aromatic rings. The molecule has 0 saturated heterocycles. The second-order valence-electron chi connectivity index (χ2n) is 4.47. The number of aryl methyl sites for hydroxylation is 1. The number of aliphatic hydroxyl groups excluding tert-OH is 1. The highest BCUT2D eigenvalue weighted by atomic mass is 16.6. The number of nitrogens with zero attached hydrogens (tertiary/aromatic N) is 2. The molecule has 0 saturated carbocycles. The Morgan fingerprint density at radius 3 is 2.21 bits per heavy atom. The maximum absolute atomic E-state index is 11.3. The Kier molecular flexibility index (Phi) is 4.94. The summed E-state index contributed by atoms with van der Waals surface area (Å²) in [6, 6.07) is 6.61. The van der Waals surface area contributed by atoms with Gasteiger partial charge in [-0.15, -0.1) is 0 Å². The molecule has 0 aliphatic heterocycles. The van der Waals surface area contributed by atoms with Crippen LogP contribution in [0.2, 0.25) is 0 Å². The van der Waals surface area contributed by atoms with Gasteiger partial charge in [-0.3, -0.25) is 20.2 Å². The van der Waals surface area contributed by atoms with E-state index < -0.39 is 22.0 Å². The molecular weight excluding hydrogens is 252 g/mol. The van der Waals surface area contributed by atoms with Gasteiger partial charge >= 0.3 is 0 Å². The molecule has 7 heteroatoms. The number of benzene rings is 1. The van der Waals surface area contributed by atoms with Crippen LogP contribution in [-0.4, -0.2) is 28.1 Å². The molecule has 0 bridgehead atoms. The van der Waals surface area contributed by atoms with Crippen molar-refractivity contribution in [2.75, 3.05) is 13.2 Å². The van der Waals surface area contributed by atoms with Gasteiger partial charge in [0.2, 0.25) is 6.54 Å². The summed E-state index contributed by atoms with van der Waals surface area (Å²) >= 11 is 0. The third-order valence-electron chi connectivity index (χ3n) is 3.13. The minimum Gasteiger partial charge on any atom is -0.388 e. The van der Waals surface area contributed by atoms with E-state index in [1.165, 1.54) is 0 Å². The Balaban J connectivity index is 3.01. The third-order valence-corrected chi connectivity index (χ3v) is 3.13. The van der Waals surface area contributed by atoms with Gasteiger partial charge in [0.15, 0.2) is 0 Å². The van der Waals surface area contributed by atoms with Crippen LogP contribution in [0.3, 0.4) is 0 Å². The molecule has 0 aliphatic carbocycles. The normalized spacial score (nSPS) is 13.8. The molecule has 1 rings (SSSR count). The summed E-state index contributed by atoms with van der Waals surface area (Å²) < 4.78 is 0. The minimum absolute atomic E-state index is 0.0441. The van der Waals surface area contributed by atoms with Crippen LogP contribution in [0.5, 0.6) is 0 Å². The van der Waals surface area contributed by atoms with E-state index >= 15 is 0 Å². The molecule has 19 heavy (non-hydrogen) atoms. The van der Waals surface area contributed by atoms with E-state index in [0.29, 0.717) is 5.56 Å². The first-order chi connectivity index (χ1) is 8.92. The Labute approximate surface area is 110 Å². The summed E-state index contributed by atoms with van der Waals surface area (Å²) in [7, 11) is 0. The summed E-state index contributed by atoms with van der Waals surface area (Å²) in [6.07, 6.45) is -0.0248. The van der Waals surface area contributed by atoms with Crippen molar-refractivity contribution in [3.8, 4) is 0 Å². The lowest BCUT2D eigenvalue weighted by Crippen LogP contribution is -2.39. The molecule has 7 nitrogen and oxygen atoms in total. The second kappa shape index (κ2) is 6.24. The Hall–Kier alpha value is -2.02. The van der Waals surface area contributed by atoms with Gasteiger partial charge in [0.05, 0.1) is 0 Å². The van der Waals surface area contributed by atoms with E-state index in [4.69, 9.17) is 0 Å². The SMILES string of the molecule is Cc1ccc(C(CO)(CCC[N+](=O)[O-])[N+](=O)[O-])cc1. The molecule has 0 fully saturated rings. The van der Waals surface area contributed by atoms with Crippen LogP contribution < -0.4 is 0 Å². The molecule has 0 spiro atoms. The highest BCUT2D eigenvalue weighted by molar-refractivity contribution is 5.26. The zero-order valence-corrected chi connectivity index (χ0v) is 10.6. The Morgan fingerprint density at radius 2 is 1.79 bits per heavy atom. The molecule has 1 unspecified atom stereocenters. The predicted octanol–water partition coefficient (Wildman–Crippen LogP) is 1.52. The second-order valence-corrected chi connectivity index (χ2v) is 4.47. The number of aliphatic hydroxyl groups is 1. The summed E-state index contributed by atoms with van der Waals surface area (Å²) in [6.45, 7) is 0.825. The van der Waals surface area contributed by atoms with Gasteiger partial charge in [0.1, 0.15) is 6.61 Å². The van der Waals surface area contributed by atoms with Crippen LogP contribution in [0.25, 0.3) is 0 Å². The van der Waals surface area contributed by atoms with Crippen LogP contribution in [0.4, 0.5) is 0 Å². The van der Waals surface area contributed by atoms with Gasteiger partial charge in [-0.1, -0.05) is 29.8 Å². The number of rotatable bonds is 7. The fourth-order valence-corrected chi connectivity index (χ4v) is 1.93. The van der Waals surface area contributed by atoms with Gasteiger partial charge in [-0.2, -0.15) is 0 Å². The molecule has 1 N–H and O–H groups in total. The molecule has 0 amide bonds. The summed E-state index contributed by atoms with van der Waals surface area (Å²) in [4.78, 5) is 20.5. The number of hydrogen-bond donors (Lipinski definition) is 1. The van der Waals surface area contributed by atoms with E-state index in [-0.39, 0.29) is 19.4 Å². The van der Waals surface area contributed by atoms with Gasteiger partial charge in [0.25, 0.3) is 5.54 Å². The average molecular weight is 268 g/mol. The Morgan fingerprint density at radius 1 is 1.21 bits per heavy atom. The van der Waals surface area contributed by atoms with Crippen molar-refractivity contribution in [2.45, 2.75) is 25.3 Å². The first-order valence-corrected chi connectivity index (χ1v) is 5.86. The van der Waals surface area contributed by atoms with E-state index in [9.17, 15) is 25.3 Å². The first kappa shape index (κ1) is 15.0. The smallest absolute Gasteiger partial charge is 0.269 e. The monoisotopic (exact) mass is 268 g/mol. The number of nitro groups is 2. The van der Waals surface area contributed by atoms with Crippen molar-refractivity contribution in [1.82, 2.24) is 0 Å². The van der Waals surface area contributed by atoms with Gasteiger partial charge < -0.3 is 5.11 Å². The van der Waals surface area contributed by atoms with Crippen LogP contribution >= 0.6 is 0 Å². The van der Waals surface area contributed by atoms with Crippen LogP contribution in [0, 0.1) is 27.2 Å². The summed E-state index contributed by atoms with van der Waals surface area (Å²) in [5.41, 5.74) is -0.345. The fraction of sp³-hybridized carbons (Fsp3) is 0.500. The molecular formula is C12H16N2O5. The molecule has 104 valence electrons. The zero-order valence-electron chi connectivity index (χ0n) is 10.6. The van der Waals surface area contributed by atoms with Crippen molar-refractivity contribution in [3.05, 3.63) is 55.6 Å². The van der Waals surface area contributed by atoms with E-state index in [1.54, 1.807) is 24.3 Å². The van der Waals surface area contributed by atoms with Crippen molar-refractivity contribution in [2.24, 2.45) is 0 Å².